The van der Waals surface area contributed by atoms with Crippen molar-refractivity contribution >= 4 is 22.7 Å². The van der Waals surface area contributed by atoms with Gasteiger partial charge in [-0.3, -0.25) is 4.98 Å². The molecule has 1 aromatic carbocycles. The van der Waals surface area contributed by atoms with E-state index in [4.69, 9.17) is 29.2 Å². The summed E-state index contributed by atoms with van der Waals surface area (Å²) in [6, 6.07) is 7.72. The van der Waals surface area contributed by atoms with Crippen LogP contribution in [0.1, 0.15) is 33.3 Å². The zero-order chi connectivity index (χ0) is 25.4. The summed E-state index contributed by atoms with van der Waals surface area (Å²) in [7, 11) is 1.60. The van der Waals surface area contributed by atoms with Crippen LogP contribution in [0.3, 0.4) is 0 Å². The molecule has 4 heterocycles. The highest BCUT2D eigenvalue weighted by Crippen LogP contribution is 2.33. The second-order valence-electron chi connectivity index (χ2n) is 9.94. The normalized spacial score (nSPS) is 24.8. The molecule has 9 nitrogen and oxygen atoms in total. The fourth-order valence-electron chi connectivity index (χ4n) is 5.29. The first kappa shape index (κ1) is 24.7. The van der Waals surface area contributed by atoms with E-state index < -0.39 is 0 Å². The number of ether oxygens (including phenoxy) is 3. The van der Waals surface area contributed by atoms with Gasteiger partial charge in [0.25, 0.3) is 0 Å². The van der Waals surface area contributed by atoms with Crippen LogP contribution in [0.25, 0.3) is 22.2 Å². The van der Waals surface area contributed by atoms with Gasteiger partial charge in [-0.2, -0.15) is 4.98 Å². The van der Waals surface area contributed by atoms with Crippen molar-refractivity contribution < 1.29 is 19.3 Å². The smallest absolute Gasteiger partial charge is 0.228 e. The molecule has 36 heavy (non-hydrogen) atoms. The van der Waals surface area contributed by atoms with E-state index in [1.54, 1.807) is 7.11 Å². The molecule has 0 amide bonds. The Balaban J connectivity index is 1.62. The lowest BCUT2D eigenvalue weighted by atomic mass is 10.1. The molecule has 5 rings (SSSR count). The largest absolute Gasteiger partial charge is 0.496 e. The van der Waals surface area contributed by atoms with Gasteiger partial charge in [-0.1, -0.05) is 0 Å². The number of pyridine rings is 1. The summed E-state index contributed by atoms with van der Waals surface area (Å²) in [6.45, 7) is 11.2. The number of aliphatic hydroxyl groups excluding tert-OH is 1. The molecular formula is C27H35N5O4. The number of aromatic nitrogens is 3. The van der Waals surface area contributed by atoms with Crippen LogP contribution >= 0.6 is 0 Å². The molecule has 2 aromatic heterocycles. The highest BCUT2D eigenvalue weighted by molar-refractivity contribution is 5.92. The second kappa shape index (κ2) is 10.2. The minimum atomic E-state index is -0.109. The van der Waals surface area contributed by atoms with Crippen LogP contribution in [0.5, 0.6) is 5.75 Å². The van der Waals surface area contributed by atoms with Crippen molar-refractivity contribution in [1.29, 1.82) is 0 Å². The SMILES string of the molecule is COc1ccc(-c2cc3nc(N4CC(C)OC(C)C4)nc(N4CC(C)OC(C)C4)c3cn2)cc1CO. The zero-order valence-electron chi connectivity index (χ0n) is 21.6. The molecule has 9 heteroatoms. The van der Waals surface area contributed by atoms with E-state index in [9.17, 15) is 5.11 Å². The van der Waals surface area contributed by atoms with Gasteiger partial charge in [0.2, 0.25) is 5.95 Å². The first-order chi connectivity index (χ1) is 17.3. The maximum atomic E-state index is 9.79. The predicted octanol–water partition coefficient (Wildman–Crippen LogP) is 3.42. The minimum absolute atomic E-state index is 0.101. The van der Waals surface area contributed by atoms with E-state index in [2.05, 4.69) is 37.5 Å². The number of aliphatic hydroxyl groups is 1. The first-order valence-corrected chi connectivity index (χ1v) is 12.6. The Hall–Kier alpha value is -3.01. The molecule has 0 spiro atoms. The van der Waals surface area contributed by atoms with Crippen LogP contribution in [0, 0.1) is 0 Å². The molecule has 1 N–H and O–H groups in total. The topological polar surface area (TPSA) is 93.1 Å². The molecule has 0 aliphatic carbocycles. The fraction of sp³-hybridized carbons (Fsp3) is 0.519. The number of fused-ring (bicyclic) bond motifs is 1. The maximum Gasteiger partial charge on any atom is 0.228 e. The Morgan fingerprint density at radius 3 is 2.17 bits per heavy atom. The van der Waals surface area contributed by atoms with E-state index in [0.717, 1.165) is 54.2 Å². The number of rotatable bonds is 5. The van der Waals surface area contributed by atoms with Crippen molar-refractivity contribution in [2.75, 3.05) is 43.1 Å². The molecule has 0 bridgehead atoms. The molecule has 2 fully saturated rings. The van der Waals surface area contributed by atoms with Gasteiger partial charge in [0.15, 0.2) is 0 Å². The Labute approximate surface area is 212 Å². The Kier molecular flexibility index (Phi) is 6.96. The number of benzene rings is 1. The van der Waals surface area contributed by atoms with Gasteiger partial charge in [0.05, 0.1) is 54.7 Å². The van der Waals surface area contributed by atoms with Crippen LogP contribution in [0.15, 0.2) is 30.5 Å². The summed E-state index contributed by atoms with van der Waals surface area (Å²) in [5.41, 5.74) is 3.22. The first-order valence-electron chi connectivity index (χ1n) is 12.6. The third-order valence-corrected chi connectivity index (χ3v) is 6.72. The molecular weight excluding hydrogens is 458 g/mol. The van der Waals surface area contributed by atoms with Gasteiger partial charge in [0, 0.05) is 43.5 Å². The van der Waals surface area contributed by atoms with Crippen LogP contribution < -0.4 is 14.5 Å². The van der Waals surface area contributed by atoms with Crippen LogP contribution in [-0.4, -0.2) is 77.8 Å². The minimum Gasteiger partial charge on any atom is -0.496 e. The van der Waals surface area contributed by atoms with Crippen LogP contribution in [-0.2, 0) is 16.1 Å². The van der Waals surface area contributed by atoms with Gasteiger partial charge in [-0.15, -0.1) is 0 Å². The number of morpholine rings is 2. The molecule has 0 saturated carbocycles. The third-order valence-electron chi connectivity index (χ3n) is 6.72. The van der Waals surface area contributed by atoms with Crippen LogP contribution in [0.2, 0.25) is 0 Å². The molecule has 4 atom stereocenters. The molecule has 4 unspecified atom stereocenters. The quantitative estimate of drug-likeness (QED) is 0.574. The standard InChI is InChI=1S/C27H35N5O4/c1-16-11-31(12-17(2)35-16)26-22-10-28-23(20-6-7-25(34-5)21(8-20)15-33)9-24(22)29-27(30-26)32-13-18(3)36-19(4)14-32/h6-10,16-19,33H,11-15H2,1-5H3. The lowest BCUT2D eigenvalue weighted by Crippen LogP contribution is -2.47. The number of nitrogens with zero attached hydrogens (tertiary/aromatic N) is 5. The summed E-state index contributed by atoms with van der Waals surface area (Å²) in [6.07, 6.45) is 2.28. The second-order valence-corrected chi connectivity index (χ2v) is 9.94. The molecule has 2 aliphatic rings. The lowest BCUT2D eigenvalue weighted by Gasteiger charge is -2.38. The number of hydrogen-bond acceptors (Lipinski definition) is 9. The highest BCUT2D eigenvalue weighted by atomic mass is 16.5. The summed E-state index contributed by atoms with van der Waals surface area (Å²) in [4.78, 5) is 19.4. The van der Waals surface area contributed by atoms with Crippen molar-refractivity contribution in [1.82, 2.24) is 15.0 Å². The highest BCUT2D eigenvalue weighted by Gasteiger charge is 2.29. The zero-order valence-corrected chi connectivity index (χ0v) is 21.6. The van der Waals surface area contributed by atoms with Crippen molar-refractivity contribution in [3.63, 3.8) is 0 Å². The van der Waals surface area contributed by atoms with E-state index in [1.165, 1.54) is 0 Å². The predicted molar refractivity (Wildman–Crippen MR) is 140 cm³/mol. The van der Waals surface area contributed by atoms with Gasteiger partial charge in [-0.05, 0) is 52.0 Å². The third kappa shape index (κ3) is 4.96. The van der Waals surface area contributed by atoms with Crippen molar-refractivity contribution in [3.8, 4) is 17.0 Å². The van der Waals surface area contributed by atoms with Gasteiger partial charge in [-0.25, -0.2) is 4.98 Å². The molecule has 3 aromatic rings. The Bertz CT molecular complexity index is 1220. The molecule has 192 valence electrons. The lowest BCUT2D eigenvalue weighted by molar-refractivity contribution is -0.00594. The summed E-state index contributed by atoms with van der Waals surface area (Å²) in [5, 5.41) is 10.7. The van der Waals surface area contributed by atoms with Gasteiger partial charge in [0.1, 0.15) is 11.6 Å². The number of hydrogen-bond donors (Lipinski definition) is 1. The Morgan fingerprint density at radius 1 is 0.917 bits per heavy atom. The fourth-order valence-corrected chi connectivity index (χ4v) is 5.29. The Morgan fingerprint density at radius 2 is 1.56 bits per heavy atom. The van der Waals surface area contributed by atoms with Crippen LogP contribution in [0.4, 0.5) is 11.8 Å². The summed E-state index contributed by atoms with van der Waals surface area (Å²) < 4.78 is 17.3. The van der Waals surface area contributed by atoms with Crippen molar-refractivity contribution in [2.24, 2.45) is 0 Å². The number of methoxy groups -OCH3 is 1. The molecule has 2 saturated heterocycles. The number of anilines is 2. The maximum absolute atomic E-state index is 9.79. The van der Waals surface area contributed by atoms with Crippen molar-refractivity contribution in [2.45, 2.75) is 58.7 Å². The van der Waals surface area contributed by atoms with E-state index in [0.29, 0.717) is 17.3 Å². The van der Waals surface area contributed by atoms with E-state index in [1.807, 2.05) is 30.5 Å². The van der Waals surface area contributed by atoms with Gasteiger partial charge < -0.3 is 29.1 Å². The summed E-state index contributed by atoms with van der Waals surface area (Å²) >= 11 is 0. The average molecular weight is 494 g/mol. The molecule has 2 aliphatic heterocycles. The summed E-state index contributed by atoms with van der Waals surface area (Å²) in [5.74, 6) is 2.24. The van der Waals surface area contributed by atoms with Crippen molar-refractivity contribution in [3.05, 3.63) is 36.0 Å². The molecule has 0 radical (unpaired) electrons. The van der Waals surface area contributed by atoms with Gasteiger partial charge >= 0.3 is 0 Å². The monoisotopic (exact) mass is 493 g/mol. The van der Waals surface area contributed by atoms with E-state index >= 15 is 0 Å². The average Bonchev–Trinajstić information content (AvgIpc) is 2.86. The van der Waals surface area contributed by atoms with E-state index in [-0.39, 0.29) is 31.0 Å².